The highest BCUT2D eigenvalue weighted by molar-refractivity contribution is 7.09. The molecule has 0 saturated carbocycles. The van der Waals surface area contributed by atoms with Gasteiger partial charge in [0.15, 0.2) is 0 Å². The Labute approximate surface area is 104 Å². The number of likely N-dealkylation sites (tertiary alicyclic amines) is 1. The summed E-state index contributed by atoms with van der Waals surface area (Å²) in [5.74, 6) is -0.784. The molecule has 0 bridgehead atoms. The van der Waals surface area contributed by atoms with E-state index < -0.39 is 12.0 Å². The molecule has 1 aromatic rings. The monoisotopic (exact) mass is 256 g/mol. The van der Waals surface area contributed by atoms with Crippen molar-refractivity contribution >= 4 is 17.3 Å². The SMILES string of the molecule is COC(C)N1C(C(=O)O)CCC1c1nccs1. The Balaban J connectivity index is 2.25. The second kappa shape index (κ2) is 5.12. The van der Waals surface area contributed by atoms with E-state index in [0.29, 0.717) is 6.42 Å². The minimum Gasteiger partial charge on any atom is -0.480 e. The van der Waals surface area contributed by atoms with E-state index >= 15 is 0 Å². The van der Waals surface area contributed by atoms with E-state index in [4.69, 9.17) is 4.74 Å². The maximum Gasteiger partial charge on any atom is 0.321 e. The van der Waals surface area contributed by atoms with Gasteiger partial charge in [0, 0.05) is 18.7 Å². The van der Waals surface area contributed by atoms with Crippen molar-refractivity contribution in [2.24, 2.45) is 0 Å². The number of hydrogen-bond acceptors (Lipinski definition) is 5. The van der Waals surface area contributed by atoms with Crippen LogP contribution < -0.4 is 0 Å². The third kappa shape index (κ3) is 2.34. The Kier molecular flexibility index (Phi) is 3.76. The molecule has 6 heteroatoms. The number of rotatable bonds is 4. The minimum absolute atomic E-state index is 0.0612. The number of carboxylic acids is 1. The lowest BCUT2D eigenvalue weighted by Gasteiger charge is -2.31. The van der Waals surface area contributed by atoms with Gasteiger partial charge < -0.3 is 9.84 Å². The van der Waals surface area contributed by atoms with Gasteiger partial charge in [-0.25, -0.2) is 4.98 Å². The number of methoxy groups -OCH3 is 1. The number of thiazole rings is 1. The summed E-state index contributed by atoms with van der Waals surface area (Å²) >= 11 is 1.56. The van der Waals surface area contributed by atoms with Crippen molar-refractivity contribution in [3.05, 3.63) is 16.6 Å². The summed E-state index contributed by atoms with van der Waals surface area (Å²) in [4.78, 5) is 17.4. The zero-order chi connectivity index (χ0) is 12.4. The number of aromatic nitrogens is 1. The zero-order valence-electron chi connectivity index (χ0n) is 9.87. The van der Waals surface area contributed by atoms with Crippen molar-refractivity contribution < 1.29 is 14.6 Å². The summed E-state index contributed by atoms with van der Waals surface area (Å²) in [6.45, 7) is 1.88. The van der Waals surface area contributed by atoms with Crippen LogP contribution in [0, 0.1) is 0 Å². The lowest BCUT2D eigenvalue weighted by Crippen LogP contribution is -2.43. The summed E-state index contributed by atoms with van der Waals surface area (Å²) in [7, 11) is 1.60. The fourth-order valence-corrected chi connectivity index (χ4v) is 3.14. The molecule has 0 spiro atoms. The van der Waals surface area contributed by atoms with Gasteiger partial charge in [-0.15, -0.1) is 11.3 Å². The third-order valence-electron chi connectivity index (χ3n) is 3.22. The first-order valence-corrected chi connectivity index (χ1v) is 6.45. The molecule has 1 aliphatic rings. The van der Waals surface area contributed by atoms with Gasteiger partial charge in [0.2, 0.25) is 0 Å². The van der Waals surface area contributed by atoms with Crippen LogP contribution >= 0.6 is 11.3 Å². The van der Waals surface area contributed by atoms with Crippen LogP contribution in [0.2, 0.25) is 0 Å². The van der Waals surface area contributed by atoms with Gasteiger partial charge in [0.25, 0.3) is 0 Å². The molecule has 2 heterocycles. The van der Waals surface area contributed by atoms with Gasteiger partial charge >= 0.3 is 5.97 Å². The van der Waals surface area contributed by atoms with Crippen LogP contribution in [0.3, 0.4) is 0 Å². The Morgan fingerprint density at radius 1 is 1.71 bits per heavy atom. The van der Waals surface area contributed by atoms with Crippen LogP contribution in [0.15, 0.2) is 11.6 Å². The van der Waals surface area contributed by atoms with E-state index in [9.17, 15) is 9.90 Å². The molecule has 94 valence electrons. The smallest absolute Gasteiger partial charge is 0.321 e. The van der Waals surface area contributed by atoms with E-state index in [-0.39, 0.29) is 12.3 Å². The molecule has 1 fully saturated rings. The standard InChI is InChI=1S/C11H16N2O3S/c1-7(16-2)13-8(10-12-5-6-17-10)3-4-9(13)11(14)15/h5-9H,3-4H2,1-2H3,(H,14,15). The molecule has 0 amide bonds. The van der Waals surface area contributed by atoms with Crippen molar-refractivity contribution in [3.8, 4) is 0 Å². The maximum atomic E-state index is 11.2. The number of aliphatic carboxylic acids is 1. The molecular formula is C11H16N2O3S. The van der Waals surface area contributed by atoms with Crippen molar-refractivity contribution in [3.63, 3.8) is 0 Å². The van der Waals surface area contributed by atoms with Crippen LogP contribution in [0.1, 0.15) is 30.8 Å². The topological polar surface area (TPSA) is 62.7 Å². The first-order valence-electron chi connectivity index (χ1n) is 5.57. The Morgan fingerprint density at radius 2 is 2.47 bits per heavy atom. The largest absolute Gasteiger partial charge is 0.480 e. The van der Waals surface area contributed by atoms with Crippen LogP contribution in [-0.4, -0.2) is 40.3 Å². The molecule has 1 N–H and O–H groups in total. The number of hydrogen-bond donors (Lipinski definition) is 1. The summed E-state index contributed by atoms with van der Waals surface area (Å²) < 4.78 is 5.28. The molecule has 1 aliphatic heterocycles. The molecule has 0 aromatic carbocycles. The fourth-order valence-electron chi connectivity index (χ4n) is 2.36. The highest BCUT2D eigenvalue weighted by Gasteiger charge is 2.42. The number of carbonyl (C=O) groups is 1. The first kappa shape index (κ1) is 12.5. The minimum atomic E-state index is -0.784. The molecule has 0 radical (unpaired) electrons. The van der Waals surface area contributed by atoms with Crippen LogP contribution in [0.5, 0.6) is 0 Å². The van der Waals surface area contributed by atoms with Gasteiger partial charge in [-0.05, 0) is 19.8 Å². The highest BCUT2D eigenvalue weighted by Crippen LogP contribution is 2.38. The zero-order valence-corrected chi connectivity index (χ0v) is 10.7. The lowest BCUT2D eigenvalue weighted by molar-refractivity contribution is -0.148. The van der Waals surface area contributed by atoms with Gasteiger partial charge in [-0.2, -0.15) is 0 Å². The second-order valence-electron chi connectivity index (χ2n) is 4.10. The van der Waals surface area contributed by atoms with E-state index in [1.54, 1.807) is 24.6 Å². The Hall–Kier alpha value is -0.980. The normalized spacial score (nSPS) is 27.2. The fraction of sp³-hybridized carbons (Fsp3) is 0.636. The highest BCUT2D eigenvalue weighted by atomic mass is 32.1. The maximum absolute atomic E-state index is 11.2. The average Bonchev–Trinajstić information content (AvgIpc) is 2.95. The van der Waals surface area contributed by atoms with Gasteiger partial charge in [0.05, 0.1) is 6.04 Å². The average molecular weight is 256 g/mol. The summed E-state index contributed by atoms with van der Waals surface area (Å²) in [6.07, 6.45) is 3.00. The predicted octanol–water partition coefficient (Wildman–Crippen LogP) is 1.73. The van der Waals surface area contributed by atoms with E-state index in [0.717, 1.165) is 11.4 Å². The predicted molar refractivity (Wildman–Crippen MR) is 63.8 cm³/mol. The molecule has 5 nitrogen and oxygen atoms in total. The molecule has 3 atom stereocenters. The van der Waals surface area contributed by atoms with Crippen molar-refractivity contribution in [1.29, 1.82) is 0 Å². The van der Waals surface area contributed by atoms with Gasteiger partial charge in [0.1, 0.15) is 17.3 Å². The summed E-state index contributed by atoms with van der Waals surface area (Å²) in [6, 6.07) is -0.412. The first-order chi connectivity index (χ1) is 8.15. The van der Waals surface area contributed by atoms with Crippen LogP contribution in [0.25, 0.3) is 0 Å². The number of carboxylic acid groups (broad SMARTS) is 1. The molecule has 0 aliphatic carbocycles. The van der Waals surface area contributed by atoms with E-state index in [2.05, 4.69) is 4.98 Å². The third-order valence-corrected chi connectivity index (χ3v) is 4.09. The van der Waals surface area contributed by atoms with E-state index in [1.165, 1.54) is 0 Å². The van der Waals surface area contributed by atoms with Crippen LogP contribution in [-0.2, 0) is 9.53 Å². The summed E-state index contributed by atoms with van der Waals surface area (Å²) in [5.41, 5.74) is 0. The molecule has 3 unspecified atom stereocenters. The number of ether oxygens (including phenoxy) is 1. The molecule has 17 heavy (non-hydrogen) atoms. The molecule has 1 aromatic heterocycles. The van der Waals surface area contributed by atoms with Crippen molar-refractivity contribution in [1.82, 2.24) is 9.88 Å². The van der Waals surface area contributed by atoms with E-state index in [1.807, 2.05) is 17.2 Å². The Bertz CT molecular complexity index is 382. The van der Waals surface area contributed by atoms with Gasteiger partial charge in [-0.1, -0.05) is 0 Å². The quantitative estimate of drug-likeness (QED) is 0.888. The summed E-state index contributed by atoms with van der Waals surface area (Å²) in [5, 5.41) is 12.1. The molecular weight excluding hydrogens is 240 g/mol. The lowest BCUT2D eigenvalue weighted by atomic mass is 10.2. The van der Waals surface area contributed by atoms with Crippen molar-refractivity contribution in [2.75, 3.05) is 7.11 Å². The Morgan fingerprint density at radius 3 is 3.00 bits per heavy atom. The van der Waals surface area contributed by atoms with Crippen LogP contribution in [0.4, 0.5) is 0 Å². The second-order valence-corrected chi connectivity index (χ2v) is 5.03. The van der Waals surface area contributed by atoms with Gasteiger partial charge in [-0.3, -0.25) is 9.69 Å². The number of nitrogens with zero attached hydrogens (tertiary/aromatic N) is 2. The molecule has 1 saturated heterocycles. The van der Waals surface area contributed by atoms with Crippen molar-refractivity contribution in [2.45, 2.75) is 38.1 Å². The molecule has 2 rings (SSSR count).